The van der Waals surface area contributed by atoms with E-state index in [4.69, 9.17) is 4.74 Å². The lowest BCUT2D eigenvalue weighted by atomic mass is 9.44. The summed E-state index contributed by atoms with van der Waals surface area (Å²) in [5.41, 5.74) is -5.29. The van der Waals surface area contributed by atoms with Gasteiger partial charge >= 0.3 is 6.09 Å². The number of Topliss-reactive ketones (excluding diaryl/α,β-unsaturated/α-hetero) is 1. The maximum absolute atomic E-state index is 17.3. The summed E-state index contributed by atoms with van der Waals surface area (Å²) in [4.78, 5) is 38.5. The molecule has 0 aromatic rings. The average Bonchev–Trinajstić information content (AvgIpc) is 3.02. The van der Waals surface area contributed by atoms with Gasteiger partial charge in [-0.1, -0.05) is 38.8 Å². The molecule has 3 N–H and O–H groups in total. The summed E-state index contributed by atoms with van der Waals surface area (Å²) in [6.45, 7) is 8.38. The van der Waals surface area contributed by atoms with Crippen LogP contribution in [0.25, 0.3) is 0 Å². The first-order valence-electron chi connectivity index (χ1n) is 13.3. The quantitative estimate of drug-likeness (QED) is 0.506. The van der Waals surface area contributed by atoms with Crippen molar-refractivity contribution >= 4 is 17.7 Å². The van der Waals surface area contributed by atoms with Gasteiger partial charge in [0.25, 0.3) is 0 Å². The molecule has 9 atom stereocenters. The van der Waals surface area contributed by atoms with Gasteiger partial charge in [-0.3, -0.25) is 9.59 Å². The van der Waals surface area contributed by atoms with Crippen molar-refractivity contribution in [1.29, 1.82) is 0 Å². The fourth-order valence-electron chi connectivity index (χ4n) is 8.40. The van der Waals surface area contributed by atoms with Crippen LogP contribution >= 0.6 is 0 Å². The predicted octanol–water partition coefficient (Wildman–Crippen LogP) is 3.82. The van der Waals surface area contributed by atoms with Crippen molar-refractivity contribution in [2.75, 3.05) is 6.61 Å². The molecule has 7 nitrogen and oxygen atoms in total. The Balaban J connectivity index is 1.76. The number of fused-ring (bicyclic) bond motifs is 5. The van der Waals surface area contributed by atoms with Gasteiger partial charge in [0.2, 0.25) is 5.78 Å². The summed E-state index contributed by atoms with van der Waals surface area (Å²) in [7, 11) is 0. The molecule has 3 fully saturated rings. The first-order chi connectivity index (χ1) is 16.8. The number of aliphatic hydroxyl groups is 2. The third kappa shape index (κ3) is 3.46. The van der Waals surface area contributed by atoms with Crippen LogP contribution in [0, 0.1) is 28.6 Å². The highest BCUT2D eigenvalue weighted by Crippen LogP contribution is 2.71. The Bertz CT molecular complexity index is 1010. The number of alkyl halides is 1. The number of carbonyl (C=O) groups is 3. The van der Waals surface area contributed by atoms with Crippen molar-refractivity contribution in [2.24, 2.45) is 28.6 Å². The number of halogens is 1. The third-order valence-electron chi connectivity index (χ3n) is 10.1. The van der Waals surface area contributed by atoms with Crippen LogP contribution in [0.5, 0.6) is 0 Å². The molecule has 4 aliphatic carbocycles. The summed E-state index contributed by atoms with van der Waals surface area (Å²) >= 11 is 0. The van der Waals surface area contributed by atoms with Gasteiger partial charge in [-0.2, -0.15) is 0 Å². The first-order valence-corrected chi connectivity index (χ1v) is 13.3. The smallest absolute Gasteiger partial charge is 0.408 e. The number of carbonyl (C=O) groups excluding carboxylic acids is 3. The number of rotatable bonds is 6. The van der Waals surface area contributed by atoms with Gasteiger partial charge < -0.3 is 20.3 Å². The fourth-order valence-corrected chi connectivity index (χ4v) is 8.40. The molecule has 1 amide bonds. The van der Waals surface area contributed by atoms with Crippen LogP contribution in [0.1, 0.15) is 73.1 Å². The summed E-state index contributed by atoms with van der Waals surface area (Å²) < 4.78 is 23.3. The molecule has 0 bridgehead atoms. The molecule has 4 aliphatic rings. The predicted molar refractivity (Wildman–Crippen MR) is 132 cm³/mol. The lowest BCUT2D eigenvalue weighted by molar-refractivity contribution is -0.219. The van der Waals surface area contributed by atoms with E-state index < -0.39 is 58.5 Å². The van der Waals surface area contributed by atoms with Crippen LogP contribution < -0.4 is 5.32 Å². The van der Waals surface area contributed by atoms with Gasteiger partial charge in [-0.05, 0) is 64.0 Å². The zero-order valence-corrected chi connectivity index (χ0v) is 22.0. The molecular weight excluding hydrogens is 465 g/mol. The monoisotopic (exact) mass is 505 g/mol. The van der Waals surface area contributed by atoms with Gasteiger partial charge in [-0.25, -0.2) is 9.18 Å². The number of ketones is 2. The largest absolute Gasteiger partial charge is 0.434 e. The van der Waals surface area contributed by atoms with Crippen LogP contribution in [-0.4, -0.2) is 57.9 Å². The molecule has 0 heterocycles. The van der Waals surface area contributed by atoms with E-state index in [1.807, 2.05) is 13.8 Å². The minimum Gasteiger partial charge on any atom is -0.434 e. The molecule has 4 unspecified atom stereocenters. The molecule has 36 heavy (non-hydrogen) atoms. The van der Waals surface area contributed by atoms with Crippen LogP contribution in [0.3, 0.4) is 0 Å². The molecule has 0 aliphatic heterocycles. The highest BCUT2D eigenvalue weighted by Gasteiger charge is 2.77. The van der Waals surface area contributed by atoms with Crippen LogP contribution in [0.4, 0.5) is 9.18 Å². The second-order valence-corrected chi connectivity index (χ2v) is 11.9. The molecule has 0 aromatic carbocycles. The van der Waals surface area contributed by atoms with Gasteiger partial charge in [0.05, 0.1) is 6.10 Å². The molecule has 0 spiro atoms. The lowest BCUT2D eigenvalue weighted by Crippen LogP contribution is -2.70. The van der Waals surface area contributed by atoms with E-state index in [2.05, 4.69) is 5.32 Å². The SMILES string of the molecule is CCCC(C)NC(=O)O[C@@]1(C(=O)CO)[C@@H](C)CC2C3CCC4=CC(=O)C=C[C@]4(C)C3(F)[C@@H](O)C[C@@]21C. The summed E-state index contributed by atoms with van der Waals surface area (Å²) in [6.07, 6.45) is 5.07. The molecule has 3 saturated carbocycles. The highest BCUT2D eigenvalue weighted by molar-refractivity contribution is 6.01. The number of alkyl carbamates (subject to hydrolysis) is 1. The van der Waals surface area contributed by atoms with Crippen LogP contribution in [0.15, 0.2) is 23.8 Å². The summed E-state index contributed by atoms with van der Waals surface area (Å²) in [5.74, 6) is -2.28. The van der Waals surface area contributed by atoms with Crippen molar-refractivity contribution in [1.82, 2.24) is 5.32 Å². The molecule has 200 valence electrons. The topological polar surface area (TPSA) is 113 Å². The number of aliphatic hydroxyl groups excluding tert-OH is 2. The molecule has 8 heteroatoms. The second kappa shape index (κ2) is 9.05. The van der Waals surface area contributed by atoms with Crippen molar-refractivity contribution in [3.8, 4) is 0 Å². The maximum Gasteiger partial charge on any atom is 0.408 e. The molecule has 4 rings (SSSR count). The third-order valence-corrected chi connectivity index (χ3v) is 10.1. The standard InChI is InChI=1S/C28H40FNO6/c1-6-7-17(3)30-24(35)36-28(23(34)15-31)16(2)12-21-20-9-8-18-13-19(32)10-11-25(18,4)27(20,29)22(33)14-26(21,28)5/h10-11,13,16-17,20-22,31,33H,6-9,12,14-15H2,1-5H3,(H,30,35)/t16-,17?,20?,21?,22-,25-,26-,27?,28+/m0/s1. The molecular formula is C28H40FNO6. The second-order valence-electron chi connectivity index (χ2n) is 11.9. The average molecular weight is 506 g/mol. The summed E-state index contributed by atoms with van der Waals surface area (Å²) in [5, 5.41) is 24.3. The van der Waals surface area contributed by atoms with Crippen LogP contribution in [0.2, 0.25) is 0 Å². The highest BCUT2D eigenvalue weighted by atomic mass is 19.1. The Labute approximate surface area is 212 Å². The normalized spacial score (nSPS) is 44.1. The van der Waals surface area contributed by atoms with E-state index in [-0.39, 0.29) is 24.2 Å². The number of ether oxygens (including phenoxy) is 1. The molecule has 0 radical (unpaired) electrons. The van der Waals surface area contributed by atoms with Gasteiger partial charge in [-0.15, -0.1) is 0 Å². The number of hydrogen-bond donors (Lipinski definition) is 3. The van der Waals surface area contributed by atoms with E-state index >= 15 is 4.39 Å². The van der Waals surface area contributed by atoms with E-state index in [0.717, 1.165) is 12.8 Å². The Morgan fingerprint density at radius 3 is 2.64 bits per heavy atom. The zero-order chi connectivity index (χ0) is 26.7. The van der Waals surface area contributed by atoms with E-state index in [1.54, 1.807) is 26.8 Å². The maximum atomic E-state index is 17.3. The van der Waals surface area contributed by atoms with Crippen molar-refractivity contribution in [2.45, 2.75) is 96.6 Å². The van der Waals surface area contributed by atoms with Gasteiger partial charge in [0.15, 0.2) is 17.1 Å². The van der Waals surface area contributed by atoms with E-state index in [9.17, 15) is 24.6 Å². The van der Waals surface area contributed by atoms with Crippen LogP contribution in [-0.2, 0) is 14.3 Å². The zero-order valence-electron chi connectivity index (χ0n) is 22.0. The molecule has 0 saturated heterocycles. The Kier molecular flexibility index (Phi) is 6.78. The number of nitrogens with one attached hydrogen (secondary N) is 1. The first kappa shape index (κ1) is 27.0. The Morgan fingerprint density at radius 1 is 1.31 bits per heavy atom. The lowest BCUT2D eigenvalue weighted by Gasteiger charge is -2.62. The van der Waals surface area contributed by atoms with Crippen molar-refractivity contribution in [3.05, 3.63) is 23.8 Å². The minimum absolute atomic E-state index is 0.108. The van der Waals surface area contributed by atoms with E-state index in [1.165, 1.54) is 12.2 Å². The number of amides is 1. The number of hydrogen-bond acceptors (Lipinski definition) is 6. The van der Waals surface area contributed by atoms with Gasteiger partial charge in [0, 0.05) is 28.7 Å². The van der Waals surface area contributed by atoms with Crippen molar-refractivity contribution in [3.63, 3.8) is 0 Å². The Hall–Kier alpha value is -2.06. The van der Waals surface area contributed by atoms with E-state index in [0.29, 0.717) is 24.8 Å². The Morgan fingerprint density at radius 2 is 2.00 bits per heavy atom. The molecule has 0 aromatic heterocycles. The van der Waals surface area contributed by atoms with Crippen molar-refractivity contribution < 1.29 is 33.7 Å². The summed E-state index contributed by atoms with van der Waals surface area (Å²) in [6, 6.07) is -0.163. The number of allylic oxidation sites excluding steroid dienone is 4. The fraction of sp³-hybridized carbons (Fsp3) is 0.750. The minimum atomic E-state index is -2.05. The van der Waals surface area contributed by atoms with Gasteiger partial charge in [0.1, 0.15) is 6.61 Å².